The molecule has 0 spiro atoms. The van der Waals surface area contributed by atoms with Gasteiger partial charge in [-0.2, -0.15) is 0 Å². The third-order valence-electron chi connectivity index (χ3n) is 16.0. The van der Waals surface area contributed by atoms with E-state index in [0.717, 1.165) is 50.9 Å². The molecule has 0 aromatic heterocycles. The number of esters is 2. The molecule has 0 saturated carbocycles. The Labute approximate surface area is 601 Å². The average Bonchev–Trinajstić information content (AvgIpc) is 0.762. The Balaban J connectivity index is 0.000000408. The number of benzene rings is 8. The predicted molar refractivity (Wildman–Crippen MR) is 404 cm³/mol. The molecule has 8 rings (SSSR count). The zero-order valence-corrected chi connectivity index (χ0v) is 59.8. The molecular weight excluding hydrogens is 1340 g/mol. The van der Waals surface area contributed by atoms with Crippen LogP contribution >= 0.6 is 24.0 Å². The molecule has 4 atom stereocenters. The van der Waals surface area contributed by atoms with Crippen molar-refractivity contribution >= 4 is 53.8 Å². The highest BCUT2D eigenvalue weighted by atomic mass is 127. The van der Waals surface area contributed by atoms with Crippen molar-refractivity contribution in [3.8, 4) is 0 Å². The van der Waals surface area contributed by atoms with Crippen molar-refractivity contribution in [3.05, 3.63) is 287 Å². The number of hydrogen-bond donors (Lipinski definition) is 2. The first kappa shape index (κ1) is 82.0. The lowest BCUT2D eigenvalue weighted by Crippen LogP contribution is -2.53. The van der Waals surface area contributed by atoms with Gasteiger partial charge in [-0.3, -0.25) is 19.3 Å². The lowest BCUT2D eigenvalue weighted by Gasteiger charge is -2.38. The summed E-state index contributed by atoms with van der Waals surface area (Å²) in [6.07, 6.45) is 0.196. The summed E-state index contributed by atoms with van der Waals surface area (Å²) in [6.45, 7) is 21.2. The molecule has 98 heavy (non-hydrogen) atoms. The van der Waals surface area contributed by atoms with E-state index in [1.165, 1.54) is 4.90 Å². The summed E-state index contributed by atoms with van der Waals surface area (Å²) in [5.74, 6) is -2.25. The van der Waals surface area contributed by atoms with Gasteiger partial charge < -0.3 is 34.3 Å². The third-order valence-corrected chi connectivity index (χ3v) is 16.0. The van der Waals surface area contributed by atoms with E-state index in [9.17, 15) is 24.0 Å². The van der Waals surface area contributed by atoms with E-state index in [4.69, 9.17) is 23.7 Å². The number of amides is 3. The smallest absolute Gasteiger partial charge is 0.410 e. The number of carbonyl (C=O) groups is 5. The number of hydrogen-bond acceptors (Lipinski definition) is 10. The maximum Gasteiger partial charge on any atom is 0.410 e. The van der Waals surface area contributed by atoms with E-state index in [0.29, 0.717) is 19.6 Å². The van der Waals surface area contributed by atoms with Gasteiger partial charge in [0.15, 0.2) is 0 Å². The Morgan fingerprint density at radius 3 is 1.02 bits per heavy atom. The normalized spacial score (nSPS) is 12.6. The highest BCUT2D eigenvalue weighted by Gasteiger charge is 2.42. The Kier molecular flexibility index (Phi) is 33.8. The van der Waals surface area contributed by atoms with Crippen molar-refractivity contribution in [2.24, 2.45) is 23.7 Å². The van der Waals surface area contributed by atoms with Crippen LogP contribution in [0, 0.1) is 23.7 Å². The Morgan fingerprint density at radius 1 is 0.388 bits per heavy atom. The minimum atomic E-state index is -1.29. The molecule has 0 aliphatic heterocycles. The van der Waals surface area contributed by atoms with E-state index in [1.54, 1.807) is 0 Å². The van der Waals surface area contributed by atoms with Crippen LogP contribution in [-0.2, 0) is 67.2 Å². The van der Waals surface area contributed by atoms with Crippen molar-refractivity contribution in [2.45, 2.75) is 151 Å². The minimum Gasteiger partial charge on any atom is -0.461 e. The van der Waals surface area contributed by atoms with Gasteiger partial charge in [-0.1, -0.05) is 285 Å². The van der Waals surface area contributed by atoms with Gasteiger partial charge in [-0.05, 0) is 117 Å². The Morgan fingerprint density at radius 2 is 0.694 bits per heavy atom. The molecule has 0 radical (unpaired) electrons. The molecule has 0 unspecified atom stereocenters. The van der Waals surface area contributed by atoms with Crippen LogP contribution in [0.4, 0.5) is 4.79 Å². The van der Waals surface area contributed by atoms with Gasteiger partial charge in [-0.25, -0.2) is 9.59 Å². The Bertz CT molecular complexity index is 3380. The molecule has 0 bridgehead atoms. The summed E-state index contributed by atoms with van der Waals surface area (Å²) in [5, 5.41) is 6.73. The molecular formula is C84H106IN3O10. The number of nitrogens with zero attached hydrogens (tertiary/aromatic N) is 1. The molecule has 8 aromatic carbocycles. The second-order valence-corrected chi connectivity index (χ2v) is 26.9. The standard InChI is InChI=1S/C43H52N2O6.C39H45NO4.2CH4.HI/c1-32(2)29-50-41(48)45(28-33(3)30-51-42(4,5)6)38(40(47)49-31-34-19-11-7-12-20-34)27-39(46)44-43(35-21-13-8-14-22-35,36-23-15-9-16-24-36)37-25-17-10-18-26-37;1-30(28-44-38(2,3)4)25-26-32(37(42)43-29-31-17-9-5-10-18-31)27-36(41)40-39(33-19-11-6-12-20-33,34-21-13-7-14-22-34)35-23-15-8-16-24-35;;;/h7-26,32-33,38H,27-31H2,1-6H3,(H,44,46);5-24,30,32H,25-29H2,1-4H3,(H,40,41);2*1H4;1H/t33-,38+;30-,32+;;;/m11.../s1. The molecule has 0 heterocycles. The van der Waals surface area contributed by atoms with E-state index in [-0.39, 0.29) is 113 Å². The van der Waals surface area contributed by atoms with Crippen LogP contribution in [0.3, 0.4) is 0 Å². The lowest BCUT2D eigenvalue weighted by atomic mass is 9.76. The fraction of sp³-hybridized carbons (Fsp3) is 0.369. The van der Waals surface area contributed by atoms with Crippen LogP contribution in [-0.4, -0.2) is 78.4 Å². The summed E-state index contributed by atoms with van der Waals surface area (Å²) in [5.41, 5.74) is 4.28. The monoisotopic (exact) mass is 1440 g/mol. The Hall–Kier alpha value is -8.44. The number of nitrogens with one attached hydrogen (secondary N) is 2. The lowest BCUT2D eigenvalue weighted by molar-refractivity contribution is -0.153. The first-order valence-corrected chi connectivity index (χ1v) is 33.1. The molecule has 2 N–H and O–H groups in total. The van der Waals surface area contributed by atoms with Gasteiger partial charge in [0.25, 0.3) is 0 Å². The molecule has 13 nitrogen and oxygen atoms in total. The van der Waals surface area contributed by atoms with Gasteiger partial charge in [-0.15, -0.1) is 24.0 Å². The van der Waals surface area contributed by atoms with Crippen LogP contribution in [0.2, 0.25) is 0 Å². The van der Waals surface area contributed by atoms with E-state index in [2.05, 4.69) is 17.6 Å². The summed E-state index contributed by atoms with van der Waals surface area (Å²) in [7, 11) is 0. The zero-order valence-electron chi connectivity index (χ0n) is 57.5. The summed E-state index contributed by atoms with van der Waals surface area (Å²) in [6, 6.07) is 76.8. The minimum absolute atomic E-state index is 0. The molecule has 0 aliphatic rings. The maximum atomic E-state index is 14.6. The van der Waals surface area contributed by atoms with Crippen molar-refractivity contribution in [1.29, 1.82) is 0 Å². The van der Waals surface area contributed by atoms with E-state index in [1.807, 2.05) is 305 Å². The van der Waals surface area contributed by atoms with Crippen LogP contribution in [0.15, 0.2) is 243 Å². The van der Waals surface area contributed by atoms with E-state index < -0.39 is 46.6 Å². The topological polar surface area (TPSA) is 159 Å². The number of ether oxygens (including phenoxy) is 5. The number of carbonyl (C=O) groups excluding carboxylic acids is 5. The highest BCUT2D eigenvalue weighted by Crippen LogP contribution is 2.39. The van der Waals surface area contributed by atoms with Gasteiger partial charge >= 0.3 is 18.0 Å². The molecule has 0 aliphatic carbocycles. The van der Waals surface area contributed by atoms with Gasteiger partial charge in [0.2, 0.25) is 11.8 Å². The third kappa shape index (κ3) is 25.1. The SMILES string of the molecule is C.C.CC(C)COC(=O)N(C[C@@H](C)COC(C)(C)C)[C@@H](CC(=O)NC(c1ccccc1)(c1ccccc1)c1ccccc1)C(=O)OCc1ccccc1.C[C@H](CC[C@@H](CC(=O)NC(c1ccccc1)(c1ccccc1)c1ccccc1)C(=O)OCc1ccccc1)COC(C)(C)C.I. The largest absolute Gasteiger partial charge is 0.461 e. The maximum absolute atomic E-state index is 14.6. The van der Waals surface area contributed by atoms with Gasteiger partial charge in [0.1, 0.15) is 30.3 Å². The molecule has 14 heteroatoms. The second-order valence-electron chi connectivity index (χ2n) is 26.9. The van der Waals surface area contributed by atoms with Crippen molar-refractivity contribution < 1.29 is 47.7 Å². The number of halogens is 1. The summed E-state index contributed by atoms with van der Waals surface area (Å²) < 4.78 is 29.3. The molecule has 8 aromatic rings. The zero-order chi connectivity index (χ0) is 68.3. The van der Waals surface area contributed by atoms with Gasteiger partial charge in [0, 0.05) is 19.6 Å². The van der Waals surface area contributed by atoms with Crippen LogP contribution < -0.4 is 10.6 Å². The molecule has 524 valence electrons. The van der Waals surface area contributed by atoms with Crippen LogP contribution in [0.1, 0.15) is 154 Å². The fourth-order valence-corrected chi connectivity index (χ4v) is 11.2. The van der Waals surface area contributed by atoms with Crippen LogP contribution in [0.5, 0.6) is 0 Å². The first-order chi connectivity index (χ1) is 45.6. The van der Waals surface area contributed by atoms with Crippen LogP contribution in [0.25, 0.3) is 0 Å². The van der Waals surface area contributed by atoms with Gasteiger partial charge in [0.05, 0.1) is 36.8 Å². The highest BCUT2D eigenvalue weighted by molar-refractivity contribution is 14.0. The second kappa shape index (κ2) is 40.4. The van der Waals surface area contributed by atoms with Crippen molar-refractivity contribution in [2.75, 3.05) is 26.4 Å². The predicted octanol–water partition coefficient (Wildman–Crippen LogP) is 18.1. The quantitative estimate of drug-likeness (QED) is 0.0192. The summed E-state index contributed by atoms with van der Waals surface area (Å²) in [4.78, 5) is 71.6. The van der Waals surface area contributed by atoms with Crippen molar-refractivity contribution in [3.63, 3.8) is 0 Å². The number of rotatable bonds is 30. The average molecular weight is 1440 g/mol. The fourth-order valence-electron chi connectivity index (χ4n) is 11.2. The first-order valence-electron chi connectivity index (χ1n) is 33.1. The molecule has 0 saturated heterocycles. The summed E-state index contributed by atoms with van der Waals surface area (Å²) >= 11 is 0. The van der Waals surface area contributed by atoms with E-state index >= 15 is 0 Å². The van der Waals surface area contributed by atoms with Crippen molar-refractivity contribution in [1.82, 2.24) is 15.5 Å². The molecule has 3 amide bonds. The molecule has 0 fully saturated rings.